The van der Waals surface area contributed by atoms with Gasteiger partial charge in [-0.2, -0.15) is 17.4 Å². The standard InChI is InChI=1S/C9H18N2O5S/c1-15-7-5-10-17(13,14)11-6-3-4-8(11)9(12)16-2/h8,10H,3-7H2,1-2H3. The number of hydrogen-bond donors (Lipinski definition) is 1. The predicted octanol–water partition coefficient (Wildman–Crippen LogP) is -0.895. The first-order valence-electron chi connectivity index (χ1n) is 5.36. The number of ether oxygens (including phenoxy) is 2. The van der Waals surface area contributed by atoms with E-state index in [-0.39, 0.29) is 13.2 Å². The fourth-order valence-corrected chi connectivity index (χ4v) is 3.16. The van der Waals surface area contributed by atoms with E-state index in [2.05, 4.69) is 9.46 Å². The minimum absolute atomic E-state index is 0.184. The molecule has 1 aliphatic heterocycles. The third-order valence-corrected chi connectivity index (χ3v) is 4.20. The largest absolute Gasteiger partial charge is 0.468 e. The van der Waals surface area contributed by atoms with Crippen LogP contribution in [0.4, 0.5) is 0 Å². The molecule has 100 valence electrons. The van der Waals surface area contributed by atoms with Gasteiger partial charge in [0.05, 0.1) is 13.7 Å². The van der Waals surface area contributed by atoms with Crippen molar-refractivity contribution in [1.29, 1.82) is 0 Å². The number of esters is 1. The summed E-state index contributed by atoms with van der Waals surface area (Å²) in [5.74, 6) is -0.514. The van der Waals surface area contributed by atoms with Crippen molar-refractivity contribution in [1.82, 2.24) is 9.03 Å². The third kappa shape index (κ3) is 3.63. The normalized spacial score (nSPS) is 21.6. The van der Waals surface area contributed by atoms with Crippen LogP contribution in [-0.2, 0) is 24.5 Å². The van der Waals surface area contributed by atoms with E-state index in [1.54, 1.807) is 0 Å². The van der Waals surface area contributed by atoms with Gasteiger partial charge in [0.15, 0.2) is 0 Å². The molecule has 1 unspecified atom stereocenters. The second-order valence-electron chi connectivity index (χ2n) is 3.68. The Labute approximate surface area is 101 Å². The van der Waals surface area contributed by atoms with Crippen molar-refractivity contribution in [2.75, 3.05) is 33.9 Å². The topological polar surface area (TPSA) is 84.9 Å². The molecule has 0 spiro atoms. The lowest BCUT2D eigenvalue weighted by Crippen LogP contribution is -2.47. The van der Waals surface area contributed by atoms with Gasteiger partial charge in [0, 0.05) is 20.2 Å². The van der Waals surface area contributed by atoms with Crippen LogP contribution in [0.15, 0.2) is 0 Å². The van der Waals surface area contributed by atoms with Crippen LogP contribution in [0.25, 0.3) is 0 Å². The molecule has 0 saturated carbocycles. The zero-order chi connectivity index (χ0) is 12.9. The zero-order valence-corrected chi connectivity index (χ0v) is 10.8. The first-order chi connectivity index (χ1) is 8.03. The highest BCUT2D eigenvalue weighted by atomic mass is 32.2. The van der Waals surface area contributed by atoms with Gasteiger partial charge >= 0.3 is 5.97 Å². The first kappa shape index (κ1) is 14.4. The highest BCUT2D eigenvalue weighted by Crippen LogP contribution is 2.20. The van der Waals surface area contributed by atoms with Gasteiger partial charge in [-0.25, -0.2) is 0 Å². The fraction of sp³-hybridized carbons (Fsp3) is 0.889. The zero-order valence-electron chi connectivity index (χ0n) is 10.0. The molecule has 0 aromatic carbocycles. The number of nitrogens with one attached hydrogen (secondary N) is 1. The summed E-state index contributed by atoms with van der Waals surface area (Å²) in [5.41, 5.74) is 0. The molecule has 0 aromatic rings. The van der Waals surface area contributed by atoms with Crippen LogP contribution in [0.5, 0.6) is 0 Å². The summed E-state index contributed by atoms with van der Waals surface area (Å²) in [6, 6.07) is -0.708. The molecule has 0 amide bonds. The average Bonchev–Trinajstić information content (AvgIpc) is 2.78. The average molecular weight is 266 g/mol. The van der Waals surface area contributed by atoms with Crippen LogP contribution in [0.3, 0.4) is 0 Å². The van der Waals surface area contributed by atoms with Crippen molar-refractivity contribution in [2.45, 2.75) is 18.9 Å². The van der Waals surface area contributed by atoms with Gasteiger partial charge in [-0.15, -0.1) is 0 Å². The fourth-order valence-electron chi connectivity index (χ4n) is 1.76. The Morgan fingerprint density at radius 1 is 1.47 bits per heavy atom. The number of hydrogen-bond acceptors (Lipinski definition) is 5. The molecule has 17 heavy (non-hydrogen) atoms. The van der Waals surface area contributed by atoms with Crippen LogP contribution in [0.1, 0.15) is 12.8 Å². The molecule has 0 radical (unpaired) electrons. The smallest absolute Gasteiger partial charge is 0.324 e. The lowest BCUT2D eigenvalue weighted by Gasteiger charge is -2.22. The molecule has 7 nitrogen and oxygen atoms in total. The summed E-state index contributed by atoms with van der Waals surface area (Å²) < 4.78 is 36.6. The summed E-state index contributed by atoms with van der Waals surface area (Å²) in [4.78, 5) is 11.4. The molecule has 1 rings (SSSR count). The van der Waals surface area contributed by atoms with Crippen LogP contribution < -0.4 is 4.72 Å². The second-order valence-corrected chi connectivity index (χ2v) is 5.39. The van der Waals surface area contributed by atoms with Crippen LogP contribution in [0.2, 0.25) is 0 Å². The molecule has 1 heterocycles. The third-order valence-electron chi connectivity index (χ3n) is 2.58. The maximum Gasteiger partial charge on any atom is 0.324 e. The summed E-state index contributed by atoms with van der Waals surface area (Å²) in [7, 11) is -0.893. The number of methoxy groups -OCH3 is 2. The Balaban J connectivity index is 2.66. The Morgan fingerprint density at radius 3 is 2.76 bits per heavy atom. The maximum absolute atomic E-state index is 11.9. The quantitative estimate of drug-likeness (QED) is 0.498. The van der Waals surface area contributed by atoms with E-state index in [1.165, 1.54) is 14.2 Å². The molecule has 1 saturated heterocycles. The first-order valence-corrected chi connectivity index (χ1v) is 6.80. The van der Waals surface area contributed by atoms with Gasteiger partial charge < -0.3 is 9.47 Å². The molecular weight excluding hydrogens is 248 g/mol. The second kappa shape index (κ2) is 6.29. The van der Waals surface area contributed by atoms with Gasteiger partial charge in [-0.3, -0.25) is 4.79 Å². The SMILES string of the molecule is COCCNS(=O)(=O)N1CCCC1C(=O)OC. The summed E-state index contributed by atoms with van der Waals surface area (Å²) >= 11 is 0. The predicted molar refractivity (Wildman–Crippen MR) is 60.5 cm³/mol. The number of rotatable bonds is 6. The van der Waals surface area contributed by atoms with Gasteiger partial charge in [0.2, 0.25) is 0 Å². The van der Waals surface area contributed by atoms with Crippen molar-refractivity contribution < 1.29 is 22.7 Å². The van der Waals surface area contributed by atoms with E-state index in [4.69, 9.17) is 4.74 Å². The van der Waals surface area contributed by atoms with Gasteiger partial charge in [0.25, 0.3) is 10.2 Å². The van der Waals surface area contributed by atoms with Gasteiger partial charge in [0.1, 0.15) is 6.04 Å². The highest BCUT2D eigenvalue weighted by Gasteiger charge is 2.39. The van der Waals surface area contributed by atoms with E-state index in [0.717, 1.165) is 4.31 Å². The minimum Gasteiger partial charge on any atom is -0.468 e. The van der Waals surface area contributed by atoms with Crippen molar-refractivity contribution in [3.63, 3.8) is 0 Å². The van der Waals surface area contributed by atoms with Gasteiger partial charge in [-0.1, -0.05) is 0 Å². The summed E-state index contributed by atoms with van der Waals surface area (Å²) in [6.07, 6.45) is 1.16. The highest BCUT2D eigenvalue weighted by molar-refractivity contribution is 7.87. The monoisotopic (exact) mass is 266 g/mol. The lowest BCUT2D eigenvalue weighted by atomic mass is 10.2. The van der Waals surface area contributed by atoms with E-state index < -0.39 is 22.2 Å². The van der Waals surface area contributed by atoms with E-state index in [1.807, 2.05) is 0 Å². The lowest BCUT2D eigenvalue weighted by molar-refractivity contribution is -0.144. The molecule has 8 heteroatoms. The van der Waals surface area contributed by atoms with E-state index in [9.17, 15) is 13.2 Å². The molecule has 0 aromatic heterocycles. The van der Waals surface area contributed by atoms with Crippen molar-refractivity contribution in [2.24, 2.45) is 0 Å². The van der Waals surface area contributed by atoms with Crippen molar-refractivity contribution in [3.8, 4) is 0 Å². The number of carbonyl (C=O) groups excluding carboxylic acids is 1. The number of nitrogens with zero attached hydrogens (tertiary/aromatic N) is 1. The molecule has 0 bridgehead atoms. The molecule has 1 N–H and O–H groups in total. The van der Waals surface area contributed by atoms with Gasteiger partial charge in [-0.05, 0) is 12.8 Å². The van der Waals surface area contributed by atoms with Crippen molar-refractivity contribution >= 4 is 16.2 Å². The van der Waals surface area contributed by atoms with Crippen LogP contribution in [0, 0.1) is 0 Å². The number of carbonyl (C=O) groups is 1. The molecular formula is C9H18N2O5S. The van der Waals surface area contributed by atoms with Crippen LogP contribution in [-0.4, -0.2) is 58.7 Å². The summed E-state index contributed by atoms with van der Waals surface area (Å²) in [5, 5.41) is 0. The molecule has 1 fully saturated rings. The van der Waals surface area contributed by atoms with Crippen LogP contribution >= 0.6 is 0 Å². The van der Waals surface area contributed by atoms with E-state index in [0.29, 0.717) is 19.4 Å². The Morgan fingerprint density at radius 2 is 2.18 bits per heavy atom. The maximum atomic E-state index is 11.9. The molecule has 1 aliphatic rings. The minimum atomic E-state index is -3.63. The van der Waals surface area contributed by atoms with E-state index >= 15 is 0 Å². The molecule has 1 atom stereocenters. The Hall–Kier alpha value is -0.700. The summed E-state index contributed by atoms with van der Waals surface area (Å²) in [6.45, 7) is 0.807. The Bertz CT molecular complexity index is 356. The molecule has 0 aliphatic carbocycles. The van der Waals surface area contributed by atoms with Crippen molar-refractivity contribution in [3.05, 3.63) is 0 Å². The Kier molecular flexibility index (Phi) is 5.31.